The highest BCUT2D eigenvalue weighted by molar-refractivity contribution is 5.82. The zero-order chi connectivity index (χ0) is 18.5. The third kappa shape index (κ3) is 3.46. The zero-order valence-electron chi connectivity index (χ0n) is 13.3. The SMILES string of the molecule is O=COc1ccc(-c2cc(O)c(=O)[nH]c2-c2ccc(OC=O)cc2)cc1. The Morgan fingerprint density at radius 2 is 1.31 bits per heavy atom. The lowest BCUT2D eigenvalue weighted by Gasteiger charge is -2.11. The predicted molar refractivity (Wildman–Crippen MR) is 93.0 cm³/mol. The van der Waals surface area contributed by atoms with Gasteiger partial charge in [0.15, 0.2) is 5.75 Å². The quantitative estimate of drug-likeness (QED) is 0.661. The number of hydrogen-bond acceptors (Lipinski definition) is 6. The second kappa shape index (κ2) is 7.35. The maximum Gasteiger partial charge on any atom is 0.298 e. The Bertz CT molecular complexity index is 990. The van der Waals surface area contributed by atoms with Gasteiger partial charge in [-0.3, -0.25) is 14.4 Å². The van der Waals surface area contributed by atoms with Crippen LogP contribution in [0.3, 0.4) is 0 Å². The van der Waals surface area contributed by atoms with E-state index in [1.54, 1.807) is 48.5 Å². The summed E-state index contributed by atoms with van der Waals surface area (Å²) in [5.41, 5.74) is 1.78. The molecule has 0 saturated carbocycles. The van der Waals surface area contributed by atoms with Gasteiger partial charge < -0.3 is 19.6 Å². The lowest BCUT2D eigenvalue weighted by atomic mass is 9.99. The average molecular weight is 351 g/mol. The van der Waals surface area contributed by atoms with Gasteiger partial charge in [0.2, 0.25) is 0 Å². The van der Waals surface area contributed by atoms with Gasteiger partial charge in [-0.15, -0.1) is 0 Å². The largest absolute Gasteiger partial charge is 0.503 e. The number of aromatic hydroxyl groups is 1. The van der Waals surface area contributed by atoms with E-state index in [0.717, 1.165) is 0 Å². The standard InChI is InChI=1S/C19H13NO6/c21-10-25-14-5-1-12(2-6-14)16-9-17(23)19(24)20-18(16)13-3-7-15(8-4-13)26-11-22/h1-11,23H,(H,20,24). The first kappa shape index (κ1) is 17.0. The molecule has 0 aliphatic heterocycles. The molecule has 2 N–H and O–H groups in total. The summed E-state index contributed by atoms with van der Waals surface area (Å²) in [4.78, 5) is 35.3. The molecule has 0 unspecified atom stereocenters. The van der Waals surface area contributed by atoms with Crippen molar-refractivity contribution in [3.8, 4) is 39.6 Å². The fraction of sp³-hybridized carbons (Fsp3) is 0. The Morgan fingerprint density at radius 1 is 0.808 bits per heavy atom. The van der Waals surface area contributed by atoms with Crippen LogP contribution >= 0.6 is 0 Å². The third-order valence-corrected chi connectivity index (χ3v) is 3.70. The molecule has 1 heterocycles. The van der Waals surface area contributed by atoms with Gasteiger partial charge in [0.1, 0.15) is 11.5 Å². The maximum atomic E-state index is 11.9. The van der Waals surface area contributed by atoms with Crippen molar-refractivity contribution in [2.75, 3.05) is 0 Å². The smallest absolute Gasteiger partial charge is 0.298 e. The number of benzene rings is 2. The molecule has 7 heteroatoms. The van der Waals surface area contributed by atoms with E-state index in [-0.39, 0.29) is 0 Å². The van der Waals surface area contributed by atoms with Gasteiger partial charge in [-0.05, 0) is 53.6 Å². The van der Waals surface area contributed by atoms with Gasteiger partial charge in [0.05, 0.1) is 5.69 Å². The van der Waals surface area contributed by atoms with Crippen LogP contribution < -0.4 is 15.0 Å². The topological polar surface area (TPSA) is 106 Å². The zero-order valence-corrected chi connectivity index (χ0v) is 13.3. The van der Waals surface area contributed by atoms with Crippen LogP contribution in [0.15, 0.2) is 59.4 Å². The molecule has 0 aliphatic carbocycles. The summed E-state index contributed by atoms with van der Waals surface area (Å²) in [6.45, 7) is 0.654. The highest BCUT2D eigenvalue weighted by Gasteiger charge is 2.12. The molecule has 1 aromatic heterocycles. The van der Waals surface area contributed by atoms with Crippen molar-refractivity contribution in [1.82, 2.24) is 4.98 Å². The van der Waals surface area contributed by atoms with E-state index in [9.17, 15) is 19.5 Å². The summed E-state index contributed by atoms with van der Waals surface area (Å²) in [5, 5.41) is 9.81. The Balaban J connectivity index is 2.09. The van der Waals surface area contributed by atoms with E-state index in [1.165, 1.54) is 6.07 Å². The Kier molecular flexibility index (Phi) is 4.80. The molecule has 0 spiro atoms. The monoisotopic (exact) mass is 351 g/mol. The molecule has 0 amide bonds. The first-order valence-corrected chi connectivity index (χ1v) is 7.50. The lowest BCUT2D eigenvalue weighted by molar-refractivity contribution is -0.121. The van der Waals surface area contributed by atoms with Gasteiger partial charge >= 0.3 is 0 Å². The van der Waals surface area contributed by atoms with Crippen molar-refractivity contribution in [3.63, 3.8) is 0 Å². The van der Waals surface area contributed by atoms with E-state index in [0.29, 0.717) is 46.8 Å². The molecule has 130 valence electrons. The van der Waals surface area contributed by atoms with Crippen LogP contribution in [0, 0.1) is 0 Å². The number of carbonyl (C=O) groups excluding carboxylic acids is 2. The van der Waals surface area contributed by atoms with E-state index in [4.69, 9.17) is 9.47 Å². The van der Waals surface area contributed by atoms with Gasteiger partial charge in [0, 0.05) is 5.56 Å². The molecule has 7 nitrogen and oxygen atoms in total. The van der Waals surface area contributed by atoms with Crippen LogP contribution in [0.5, 0.6) is 17.2 Å². The Morgan fingerprint density at radius 3 is 1.81 bits per heavy atom. The minimum atomic E-state index is -0.627. The molecule has 0 saturated heterocycles. The number of ether oxygens (including phenoxy) is 2. The van der Waals surface area contributed by atoms with E-state index in [2.05, 4.69) is 4.98 Å². The average Bonchev–Trinajstić information content (AvgIpc) is 2.66. The van der Waals surface area contributed by atoms with Gasteiger partial charge in [-0.1, -0.05) is 12.1 Å². The van der Waals surface area contributed by atoms with Gasteiger partial charge in [-0.2, -0.15) is 0 Å². The van der Waals surface area contributed by atoms with Gasteiger partial charge in [-0.25, -0.2) is 0 Å². The Labute approximate surface area is 147 Å². The van der Waals surface area contributed by atoms with Crippen LogP contribution in [0.2, 0.25) is 0 Å². The van der Waals surface area contributed by atoms with Crippen molar-refractivity contribution in [3.05, 3.63) is 65.0 Å². The lowest BCUT2D eigenvalue weighted by Crippen LogP contribution is -2.07. The fourth-order valence-corrected chi connectivity index (χ4v) is 2.50. The molecular formula is C19H13NO6. The van der Waals surface area contributed by atoms with Crippen LogP contribution in [0.4, 0.5) is 0 Å². The molecule has 0 bridgehead atoms. The third-order valence-electron chi connectivity index (χ3n) is 3.70. The fourth-order valence-electron chi connectivity index (χ4n) is 2.50. The second-order valence-electron chi connectivity index (χ2n) is 5.25. The van der Waals surface area contributed by atoms with Crippen molar-refractivity contribution in [2.45, 2.75) is 0 Å². The van der Waals surface area contributed by atoms with Crippen molar-refractivity contribution >= 4 is 12.9 Å². The highest BCUT2D eigenvalue weighted by Crippen LogP contribution is 2.33. The summed E-state index contributed by atoms with van der Waals surface area (Å²) in [7, 11) is 0. The van der Waals surface area contributed by atoms with Crippen LogP contribution in [-0.4, -0.2) is 23.0 Å². The van der Waals surface area contributed by atoms with Crippen molar-refractivity contribution in [2.24, 2.45) is 0 Å². The molecule has 0 aliphatic rings. The summed E-state index contributed by atoms with van der Waals surface area (Å²) in [5.74, 6) is 0.314. The molecule has 3 rings (SSSR count). The Hall–Kier alpha value is -3.87. The number of nitrogens with one attached hydrogen (secondary N) is 1. The number of aromatic nitrogens is 1. The predicted octanol–water partition coefficient (Wildman–Crippen LogP) is 2.48. The number of hydrogen-bond donors (Lipinski definition) is 2. The molecular weight excluding hydrogens is 338 g/mol. The van der Waals surface area contributed by atoms with E-state index >= 15 is 0 Å². The number of carbonyl (C=O) groups is 2. The molecule has 2 aromatic carbocycles. The minimum absolute atomic E-state index is 0.325. The second-order valence-corrected chi connectivity index (χ2v) is 5.25. The first-order valence-electron chi connectivity index (χ1n) is 7.50. The summed E-state index contributed by atoms with van der Waals surface area (Å²) in [6, 6.07) is 14.5. The highest BCUT2D eigenvalue weighted by atomic mass is 16.5. The van der Waals surface area contributed by atoms with Crippen molar-refractivity contribution < 1.29 is 24.2 Å². The molecule has 0 fully saturated rings. The van der Waals surface area contributed by atoms with E-state index in [1.807, 2.05) is 0 Å². The summed E-state index contributed by atoms with van der Waals surface area (Å²) < 4.78 is 9.52. The summed E-state index contributed by atoms with van der Waals surface area (Å²) in [6.07, 6.45) is 0. The van der Waals surface area contributed by atoms with E-state index < -0.39 is 11.3 Å². The number of H-pyrrole nitrogens is 1. The van der Waals surface area contributed by atoms with Crippen LogP contribution in [0.25, 0.3) is 22.4 Å². The van der Waals surface area contributed by atoms with Crippen molar-refractivity contribution in [1.29, 1.82) is 0 Å². The number of aromatic amines is 1. The molecule has 26 heavy (non-hydrogen) atoms. The summed E-state index contributed by atoms with van der Waals surface area (Å²) >= 11 is 0. The first-order chi connectivity index (χ1) is 12.6. The molecule has 3 aromatic rings. The maximum absolute atomic E-state index is 11.9. The number of rotatable bonds is 6. The van der Waals surface area contributed by atoms with Crippen LogP contribution in [-0.2, 0) is 9.59 Å². The molecule has 0 atom stereocenters. The van der Waals surface area contributed by atoms with Gasteiger partial charge in [0.25, 0.3) is 18.5 Å². The molecule has 0 radical (unpaired) electrons. The van der Waals surface area contributed by atoms with Crippen LogP contribution in [0.1, 0.15) is 0 Å². The normalized spacial score (nSPS) is 10.2. The minimum Gasteiger partial charge on any atom is -0.503 e. The number of pyridine rings is 1.